The number of rotatable bonds is 10. The highest BCUT2D eigenvalue weighted by Crippen LogP contribution is 2.27. The lowest BCUT2D eigenvalue weighted by Crippen LogP contribution is -2.25. The van der Waals surface area contributed by atoms with Crippen LogP contribution in [0.3, 0.4) is 0 Å². The van der Waals surface area contributed by atoms with Crippen molar-refractivity contribution in [1.82, 2.24) is 14.8 Å². The highest BCUT2D eigenvalue weighted by atomic mass is 16.5. The molecule has 3 aromatic carbocycles. The van der Waals surface area contributed by atoms with Crippen molar-refractivity contribution in [3.05, 3.63) is 102 Å². The van der Waals surface area contributed by atoms with Crippen LogP contribution in [0, 0.1) is 0 Å². The van der Waals surface area contributed by atoms with Crippen LogP contribution in [0.4, 0.5) is 0 Å². The van der Waals surface area contributed by atoms with Gasteiger partial charge in [-0.05, 0) is 41.3 Å². The number of methoxy groups -OCH3 is 1. The van der Waals surface area contributed by atoms with Gasteiger partial charge in [0.15, 0.2) is 0 Å². The third kappa shape index (κ3) is 6.02. The lowest BCUT2D eigenvalue weighted by molar-refractivity contribution is -0.118. The third-order valence-electron chi connectivity index (χ3n) is 5.79. The Kier molecular flexibility index (Phi) is 7.43. The van der Waals surface area contributed by atoms with Crippen molar-refractivity contribution < 1.29 is 9.53 Å². The first kappa shape index (κ1) is 22.6. The van der Waals surface area contributed by atoms with Gasteiger partial charge in [0.05, 0.1) is 13.8 Å². The molecule has 0 saturated carbocycles. The summed E-state index contributed by atoms with van der Waals surface area (Å²) in [5.41, 5.74) is 4.95. The topological polar surface area (TPSA) is 46.5 Å². The standard InChI is InChI=1S/C28H31N3O2/c1-22(32)29-16-15-25-20-31(28-14-13-26(33-2)17-27(25)28)21-30(18-23-9-5-3-6-10-23)19-24-11-7-4-8-12-24/h3-14,17,20H,15-16,18-19,21H2,1-2H3,(H,29,32). The van der Waals surface area contributed by atoms with Crippen LogP contribution in [0.2, 0.25) is 0 Å². The van der Waals surface area contributed by atoms with Crippen molar-refractivity contribution in [1.29, 1.82) is 0 Å². The Balaban J connectivity index is 1.64. The van der Waals surface area contributed by atoms with Gasteiger partial charge in [-0.15, -0.1) is 0 Å². The van der Waals surface area contributed by atoms with Crippen molar-refractivity contribution in [3.8, 4) is 5.75 Å². The van der Waals surface area contributed by atoms with Crippen molar-refractivity contribution in [2.24, 2.45) is 0 Å². The maximum absolute atomic E-state index is 11.4. The summed E-state index contributed by atoms with van der Waals surface area (Å²) in [6.45, 7) is 4.63. The number of ether oxygens (including phenoxy) is 1. The average Bonchev–Trinajstić information content (AvgIpc) is 3.16. The maximum atomic E-state index is 11.4. The number of carbonyl (C=O) groups excluding carboxylic acids is 1. The average molecular weight is 442 g/mol. The Bertz CT molecular complexity index is 1140. The molecule has 33 heavy (non-hydrogen) atoms. The van der Waals surface area contributed by atoms with Crippen molar-refractivity contribution in [3.63, 3.8) is 0 Å². The van der Waals surface area contributed by atoms with Gasteiger partial charge in [-0.25, -0.2) is 0 Å². The molecule has 0 spiro atoms. The van der Waals surface area contributed by atoms with Gasteiger partial charge in [-0.3, -0.25) is 9.69 Å². The van der Waals surface area contributed by atoms with Gasteiger partial charge in [-0.1, -0.05) is 60.7 Å². The Morgan fingerprint density at radius 1 is 0.939 bits per heavy atom. The summed E-state index contributed by atoms with van der Waals surface area (Å²) in [5.74, 6) is 0.833. The van der Waals surface area contributed by atoms with Crippen LogP contribution in [-0.2, 0) is 31.0 Å². The molecule has 1 N–H and O–H groups in total. The van der Waals surface area contributed by atoms with Crippen LogP contribution in [0.1, 0.15) is 23.6 Å². The smallest absolute Gasteiger partial charge is 0.216 e. The summed E-state index contributed by atoms with van der Waals surface area (Å²) in [4.78, 5) is 13.8. The predicted molar refractivity (Wildman–Crippen MR) is 133 cm³/mol. The molecule has 0 unspecified atom stereocenters. The minimum Gasteiger partial charge on any atom is -0.497 e. The molecule has 0 aliphatic heterocycles. The second kappa shape index (κ2) is 10.8. The summed E-state index contributed by atoms with van der Waals surface area (Å²) in [7, 11) is 1.69. The molecule has 0 saturated heterocycles. The summed E-state index contributed by atoms with van der Waals surface area (Å²) in [5, 5.41) is 4.08. The molecule has 0 fully saturated rings. The fourth-order valence-corrected chi connectivity index (χ4v) is 4.22. The Labute approximate surface area is 195 Å². The number of nitrogens with one attached hydrogen (secondary N) is 1. The molecule has 5 nitrogen and oxygen atoms in total. The second-order valence-electron chi connectivity index (χ2n) is 8.34. The molecule has 170 valence electrons. The number of hydrogen-bond donors (Lipinski definition) is 1. The zero-order chi connectivity index (χ0) is 23.0. The summed E-state index contributed by atoms with van der Waals surface area (Å²) < 4.78 is 7.79. The molecular weight excluding hydrogens is 410 g/mol. The van der Waals surface area contributed by atoms with Crippen molar-refractivity contribution >= 4 is 16.8 Å². The number of carbonyl (C=O) groups is 1. The Morgan fingerprint density at radius 3 is 2.15 bits per heavy atom. The first-order valence-electron chi connectivity index (χ1n) is 11.3. The number of amides is 1. The van der Waals surface area contributed by atoms with Gasteiger partial charge in [0.1, 0.15) is 5.75 Å². The van der Waals surface area contributed by atoms with Gasteiger partial charge in [0.25, 0.3) is 0 Å². The zero-order valence-electron chi connectivity index (χ0n) is 19.3. The van der Waals surface area contributed by atoms with Crippen LogP contribution < -0.4 is 10.1 Å². The highest BCUT2D eigenvalue weighted by Gasteiger charge is 2.14. The van der Waals surface area contributed by atoms with E-state index in [2.05, 4.69) is 93.8 Å². The highest BCUT2D eigenvalue weighted by molar-refractivity contribution is 5.85. The molecule has 0 atom stereocenters. The lowest BCUT2D eigenvalue weighted by atomic mass is 10.1. The fourth-order valence-electron chi connectivity index (χ4n) is 4.22. The molecule has 0 radical (unpaired) electrons. The Morgan fingerprint density at radius 2 is 1.58 bits per heavy atom. The number of aromatic nitrogens is 1. The minimum absolute atomic E-state index is 0.00628. The van der Waals surface area contributed by atoms with E-state index in [0.29, 0.717) is 6.54 Å². The zero-order valence-corrected chi connectivity index (χ0v) is 19.3. The van der Waals surface area contributed by atoms with E-state index in [4.69, 9.17) is 4.74 Å². The van der Waals surface area contributed by atoms with E-state index in [9.17, 15) is 4.79 Å². The molecule has 4 rings (SSSR count). The van der Waals surface area contributed by atoms with Gasteiger partial charge in [0, 0.05) is 43.7 Å². The summed E-state index contributed by atoms with van der Waals surface area (Å²) >= 11 is 0. The molecule has 1 heterocycles. The van der Waals surface area contributed by atoms with E-state index in [0.717, 1.165) is 31.9 Å². The third-order valence-corrected chi connectivity index (χ3v) is 5.79. The lowest BCUT2D eigenvalue weighted by Gasteiger charge is -2.24. The summed E-state index contributed by atoms with van der Waals surface area (Å²) in [6, 6.07) is 27.4. The molecule has 4 aromatic rings. The van der Waals surface area contributed by atoms with Crippen LogP contribution in [-0.4, -0.2) is 29.0 Å². The predicted octanol–water partition coefficient (Wildman–Crippen LogP) is 4.99. The van der Waals surface area contributed by atoms with E-state index >= 15 is 0 Å². The largest absolute Gasteiger partial charge is 0.497 e. The van der Waals surface area contributed by atoms with Crippen LogP contribution in [0.15, 0.2) is 85.1 Å². The monoisotopic (exact) mass is 441 g/mol. The van der Waals surface area contributed by atoms with Gasteiger partial charge < -0.3 is 14.6 Å². The van der Waals surface area contributed by atoms with Crippen LogP contribution in [0.5, 0.6) is 5.75 Å². The number of nitrogens with zero attached hydrogens (tertiary/aromatic N) is 2. The molecule has 0 aliphatic carbocycles. The summed E-state index contributed by atoms with van der Waals surface area (Å²) in [6.07, 6.45) is 2.99. The maximum Gasteiger partial charge on any atom is 0.216 e. The van der Waals surface area contributed by atoms with E-state index in [-0.39, 0.29) is 5.91 Å². The van der Waals surface area contributed by atoms with E-state index in [1.165, 1.54) is 27.6 Å². The van der Waals surface area contributed by atoms with Crippen LogP contribution in [0.25, 0.3) is 10.9 Å². The number of benzene rings is 3. The second-order valence-corrected chi connectivity index (χ2v) is 8.34. The molecule has 0 bridgehead atoms. The number of hydrogen-bond acceptors (Lipinski definition) is 3. The van der Waals surface area contributed by atoms with E-state index in [1.807, 2.05) is 6.07 Å². The first-order valence-corrected chi connectivity index (χ1v) is 11.3. The normalized spacial score (nSPS) is 11.1. The molecular formula is C28H31N3O2. The Hall–Kier alpha value is -3.57. The molecule has 0 aliphatic rings. The SMILES string of the molecule is COc1ccc2c(c1)c(CCNC(C)=O)cn2CN(Cc1ccccc1)Cc1ccccc1. The minimum atomic E-state index is -0.00628. The van der Waals surface area contributed by atoms with Crippen molar-refractivity contribution in [2.45, 2.75) is 33.1 Å². The van der Waals surface area contributed by atoms with E-state index < -0.39 is 0 Å². The fraction of sp³-hybridized carbons (Fsp3) is 0.250. The van der Waals surface area contributed by atoms with Crippen LogP contribution >= 0.6 is 0 Å². The van der Waals surface area contributed by atoms with Gasteiger partial charge in [-0.2, -0.15) is 0 Å². The first-order chi connectivity index (χ1) is 16.1. The molecule has 1 amide bonds. The molecule has 5 heteroatoms. The quantitative estimate of drug-likeness (QED) is 0.377. The van der Waals surface area contributed by atoms with Gasteiger partial charge >= 0.3 is 0 Å². The van der Waals surface area contributed by atoms with Gasteiger partial charge in [0.2, 0.25) is 5.91 Å². The van der Waals surface area contributed by atoms with E-state index in [1.54, 1.807) is 14.0 Å². The number of fused-ring (bicyclic) bond motifs is 1. The van der Waals surface area contributed by atoms with Crippen molar-refractivity contribution in [2.75, 3.05) is 13.7 Å². The molecule has 1 aromatic heterocycles.